The highest BCUT2D eigenvalue weighted by molar-refractivity contribution is 5.60. The fourth-order valence-electron chi connectivity index (χ4n) is 1.69. The van der Waals surface area contributed by atoms with Gasteiger partial charge in [0.2, 0.25) is 5.82 Å². The van der Waals surface area contributed by atoms with E-state index in [1.54, 1.807) is 17.9 Å². The average Bonchev–Trinajstić information content (AvgIpc) is 2.67. The number of nitrogens with two attached hydrogens (primary N) is 1. The largest absolute Gasteiger partial charge is 0.451 e. The van der Waals surface area contributed by atoms with Crippen molar-refractivity contribution in [2.45, 2.75) is 19.5 Å². The van der Waals surface area contributed by atoms with Crippen molar-refractivity contribution in [3.05, 3.63) is 23.8 Å². The molecule has 20 heavy (non-hydrogen) atoms. The Hall–Kier alpha value is -2.32. The van der Waals surface area contributed by atoms with Gasteiger partial charge >= 0.3 is 6.18 Å². The lowest BCUT2D eigenvalue weighted by molar-refractivity contribution is -0.144. The summed E-state index contributed by atoms with van der Waals surface area (Å²) < 4.78 is 39.4. The van der Waals surface area contributed by atoms with E-state index in [0.29, 0.717) is 12.1 Å². The molecule has 0 fully saturated rings. The lowest BCUT2D eigenvalue weighted by Crippen LogP contribution is -2.13. The maximum Gasteiger partial charge on any atom is 0.451 e. The molecule has 6 nitrogen and oxygen atoms in total. The van der Waals surface area contributed by atoms with E-state index in [1.807, 2.05) is 6.92 Å². The second-order valence-electron chi connectivity index (χ2n) is 4.14. The van der Waals surface area contributed by atoms with Gasteiger partial charge in [-0.1, -0.05) is 6.92 Å². The quantitative estimate of drug-likeness (QED) is 0.903. The molecule has 0 unspecified atom stereocenters. The number of aryl methyl sites for hydroxylation is 2. The third-order valence-electron chi connectivity index (χ3n) is 2.50. The highest BCUT2D eigenvalue weighted by Crippen LogP contribution is 2.28. The van der Waals surface area contributed by atoms with Crippen molar-refractivity contribution in [2.24, 2.45) is 7.05 Å². The molecule has 0 bridgehead atoms. The van der Waals surface area contributed by atoms with Gasteiger partial charge in [0.05, 0.1) is 11.4 Å². The van der Waals surface area contributed by atoms with Gasteiger partial charge in [-0.05, 0) is 6.42 Å². The molecule has 2 aromatic rings. The summed E-state index contributed by atoms with van der Waals surface area (Å²) in [5.41, 5.74) is 6.68. The highest BCUT2D eigenvalue weighted by atomic mass is 19.4. The molecule has 0 radical (unpaired) electrons. The van der Waals surface area contributed by atoms with Crippen LogP contribution in [-0.2, 0) is 19.6 Å². The summed E-state index contributed by atoms with van der Waals surface area (Å²) in [5.74, 6) is -1.55. The molecule has 0 aromatic carbocycles. The molecule has 2 aromatic heterocycles. The number of hydrogen-bond acceptors (Lipinski definition) is 5. The van der Waals surface area contributed by atoms with Crippen LogP contribution in [0, 0.1) is 0 Å². The Kier molecular flexibility index (Phi) is 3.51. The summed E-state index contributed by atoms with van der Waals surface area (Å²) in [5, 5.41) is 6.96. The number of rotatable bonds is 3. The second-order valence-corrected chi connectivity index (χ2v) is 4.14. The lowest BCUT2D eigenvalue weighted by atomic mass is 10.3. The minimum absolute atomic E-state index is 0.0208. The van der Waals surface area contributed by atoms with Gasteiger partial charge in [-0.25, -0.2) is 9.97 Å². The third kappa shape index (κ3) is 2.98. The van der Waals surface area contributed by atoms with E-state index in [0.717, 1.165) is 5.69 Å². The number of nitrogens with one attached hydrogen (secondary N) is 1. The second kappa shape index (κ2) is 4.99. The SMILES string of the molecule is CCc1nn(C)cc1Nc1cc(N)nc(C(F)(F)F)n1. The van der Waals surface area contributed by atoms with Crippen LogP contribution in [0.3, 0.4) is 0 Å². The summed E-state index contributed by atoms with van der Waals surface area (Å²) >= 11 is 0. The van der Waals surface area contributed by atoms with Crippen LogP contribution in [0.2, 0.25) is 0 Å². The molecule has 0 atom stereocenters. The normalized spacial score (nSPS) is 11.7. The third-order valence-corrected chi connectivity index (χ3v) is 2.50. The Morgan fingerprint density at radius 3 is 2.65 bits per heavy atom. The fraction of sp³-hybridized carbons (Fsp3) is 0.364. The minimum Gasteiger partial charge on any atom is -0.384 e. The standard InChI is InChI=1S/C11H13F3N6/c1-3-6-7(5-20(2)19-6)16-9-4-8(15)17-10(18-9)11(12,13)14/h4-5H,3H2,1-2H3,(H3,15,16,17,18). The summed E-state index contributed by atoms with van der Waals surface area (Å²) in [6.07, 6.45) is -2.35. The van der Waals surface area contributed by atoms with Crippen molar-refractivity contribution >= 4 is 17.3 Å². The van der Waals surface area contributed by atoms with Crippen LogP contribution >= 0.6 is 0 Å². The zero-order chi connectivity index (χ0) is 14.9. The van der Waals surface area contributed by atoms with Crippen LogP contribution in [0.1, 0.15) is 18.4 Å². The Labute approximate surface area is 112 Å². The van der Waals surface area contributed by atoms with E-state index in [2.05, 4.69) is 20.4 Å². The molecule has 9 heteroatoms. The predicted octanol–water partition coefficient (Wildman–Crippen LogP) is 2.12. The van der Waals surface area contributed by atoms with E-state index < -0.39 is 12.0 Å². The smallest absolute Gasteiger partial charge is 0.384 e. The summed E-state index contributed by atoms with van der Waals surface area (Å²) in [6, 6.07) is 1.24. The number of alkyl halides is 3. The molecular weight excluding hydrogens is 273 g/mol. The molecular formula is C11H13F3N6. The molecule has 3 N–H and O–H groups in total. The van der Waals surface area contributed by atoms with Crippen molar-refractivity contribution in [3.63, 3.8) is 0 Å². The summed E-state index contributed by atoms with van der Waals surface area (Å²) in [4.78, 5) is 6.60. The topological polar surface area (TPSA) is 81.7 Å². The van der Waals surface area contributed by atoms with Crippen molar-refractivity contribution in [1.29, 1.82) is 0 Å². The molecule has 0 aliphatic carbocycles. The highest BCUT2D eigenvalue weighted by Gasteiger charge is 2.35. The van der Waals surface area contributed by atoms with E-state index in [-0.39, 0.29) is 11.6 Å². The van der Waals surface area contributed by atoms with Crippen molar-refractivity contribution < 1.29 is 13.2 Å². The number of hydrogen-bond donors (Lipinski definition) is 2. The summed E-state index contributed by atoms with van der Waals surface area (Å²) in [7, 11) is 1.72. The molecule has 0 spiro atoms. The van der Waals surface area contributed by atoms with E-state index in [1.165, 1.54) is 6.07 Å². The molecule has 108 valence electrons. The van der Waals surface area contributed by atoms with Gasteiger partial charge in [0, 0.05) is 19.3 Å². The van der Waals surface area contributed by atoms with E-state index in [9.17, 15) is 13.2 Å². The zero-order valence-electron chi connectivity index (χ0n) is 10.9. The van der Waals surface area contributed by atoms with Crippen molar-refractivity contribution in [2.75, 3.05) is 11.1 Å². The molecule has 0 saturated carbocycles. The Bertz CT molecular complexity index is 619. The van der Waals surface area contributed by atoms with Gasteiger partial charge in [0.1, 0.15) is 11.6 Å². The van der Waals surface area contributed by atoms with E-state index >= 15 is 0 Å². The fourth-order valence-corrected chi connectivity index (χ4v) is 1.69. The van der Waals surface area contributed by atoms with Gasteiger partial charge in [0.25, 0.3) is 0 Å². The number of nitrogens with zero attached hydrogens (tertiary/aromatic N) is 4. The number of nitrogen functional groups attached to an aromatic ring is 1. The first-order chi connectivity index (χ1) is 9.29. The van der Waals surface area contributed by atoms with Crippen molar-refractivity contribution in [1.82, 2.24) is 19.7 Å². The van der Waals surface area contributed by atoms with Crippen LogP contribution in [0.5, 0.6) is 0 Å². The first-order valence-corrected chi connectivity index (χ1v) is 5.81. The number of aromatic nitrogens is 4. The average molecular weight is 286 g/mol. The first kappa shape index (κ1) is 14.1. The van der Waals surface area contributed by atoms with Crippen LogP contribution in [0.4, 0.5) is 30.5 Å². The van der Waals surface area contributed by atoms with Gasteiger partial charge in [-0.2, -0.15) is 18.3 Å². The molecule has 0 aliphatic rings. The van der Waals surface area contributed by atoms with Crippen molar-refractivity contribution in [3.8, 4) is 0 Å². The van der Waals surface area contributed by atoms with Crippen LogP contribution < -0.4 is 11.1 Å². The van der Waals surface area contributed by atoms with Crippen LogP contribution in [0.25, 0.3) is 0 Å². The van der Waals surface area contributed by atoms with Gasteiger partial charge in [-0.3, -0.25) is 4.68 Å². The van der Waals surface area contributed by atoms with Crippen LogP contribution in [0.15, 0.2) is 12.3 Å². The molecule has 2 rings (SSSR count). The molecule has 0 aliphatic heterocycles. The maximum atomic E-state index is 12.6. The molecule has 0 saturated heterocycles. The van der Waals surface area contributed by atoms with Gasteiger partial charge < -0.3 is 11.1 Å². The van der Waals surface area contributed by atoms with E-state index in [4.69, 9.17) is 5.73 Å². The lowest BCUT2D eigenvalue weighted by Gasteiger charge is -2.09. The van der Waals surface area contributed by atoms with Crippen LogP contribution in [-0.4, -0.2) is 19.7 Å². The minimum atomic E-state index is -4.64. The van der Waals surface area contributed by atoms with Gasteiger partial charge in [0.15, 0.2) is 0 Å². The van der Waals surface area contributed by atoms with Gasteiger partial charge in [-0.15, -0.1) is 0 Å². The number of halogens is 3. The maximum absolute atomic E-state index is 12.6. The first-order valence-electron chi connectivity index (χ1n) is 5.81. The Morgan fingerprint density at radius 2 is 2.05 bits per heavy atom. The predicted molar refractivity (Wildman–Crippen MR) is 67.3 cm³/mol. The summed E-state index contributed by atoms with van der Waals surface area (Å²) in [6.45, 7) is 1.89. The Balaban J connectivity index is 2.36. The monoisotopic (exact) mass is 286 g/mol. The Morgan fingerprint density at radius 1 is 1.35 bits per heavy atom. The zero-order valence-corrected chi connectivity index (χ0v) is 10.9. The molecule has 2 heterocycles. The molecule has 0 amide bonds. The number of anilines is 3.